The van der Waals surface area contributed by atoms with Gasteiger partial charge in [-0.05, 0) is 102 Å². The summed E-state index contributed by atoms with van der Waals surface area (Å²) in [5, 5.41) is 9.35. The molecule has 0 heterocycles. The molecule has 2 aromatic rings. The molecular weight excluding hydrogens is 480 g/mol. The maximum absolute atomic E-state index is 11.4. The number of hydrogen-bond donors (Lipinski definition) is 1. The van der Waals surface area contributed by atoms with Crippen LogP contribution in [0.2, 0.25) is 0 Å². The van der Waals surface area contributed by atoms with Gasteiger partial charge in [-0.1, -0.05) is 52.5 Å². The zero-order valence-corrected chi connectivity index (χ0v) is 20.2. The van der Waals surface area contributed by atoms with Crippen LogP contribution in [0.5, 0.6) is 0 Å². The lowest BCUT2D eigenvalue weighted by molar-refractivity contribution is 0.0696. The Hall–Kier alpha value is -1.39. The van der Waals surface area contributed by atoms with Crippen LogP contribution < -0.4 is 0 Å². The molecule has 0 aromatic heterocycles. The Kier molecular flexibility index (Phi) is 5.44. The second-order valence-corrected chi connectivity index (χ2v) is 10.6. The van der Waals surface area contributed by atoms with Gasteiger partial charge < -0.3 is 5.11 Å². The molecule has 0 spiro atoms. The first kappa shape index (κ1) is 21.3. The Labute approximate surface area is 184 Å². The van der Waals surface area contributed by atoms with Gasteiger partial charge in [0.15, 0.2) is 0 Å². The van der Waals surface area contributed by atoms with Gasteiger partial charge in [0, 0.05) is 8.95 Å². The molecule has 148 valence electrons. The largest absolute Gasteiger partial charge is 0.478 e. The summed E-state index contributed by atoms with van der Waals surface area (Å²) < 4.78 is 1.25. The summed E-state index contributed by atoms with van der Waals surface area (Å²) in [6.07, 6.45) is 2.34. The van der Waals surface area contributed by atoms with Crippen LogP contribution in [-0.2, 0) is 10.8 Å². The fraction of sp³-hybridized carbons (Fsp3) is 0.375. The SMILES string of the molecule is C=C(c1cc2c(cc1C)C(C)(C)CCC2(C)C)c1ccc(C(=O)O)c(Br)c1Br. The van der Waals surface area contributed by atoms with Gasteiger partial charge in [-0.2, -0.15) is 0 Å². The average molecular weight is 506 g/mol. The quantitative estimate of drug-likeness (QED) is 0.465. The first-order chi connectivity index (χ1) is 12.9. The van der Waals surface area contributed by atoms with Gasteiger partial charge in [0.1, 0.15) is 0 Å². The molecule has 2 aromatic carbocycles. The third-order valence-corrected chi connectivity index (χ3v) is 8.34. The van der Waals surface area contributed by atoms with E-state index in [9.17, 15) is 9.90 Å². The summed E-state index contributed by atoms with van der Waals surface area (Å²) in [7, 11) is 0. The molecule has 0 atom stereocenters. The van der Waals surface area contributed by atoms with Gasteiger partial charge in [-0.15, -0.1) is 0 Å². The van der Waals surface area contributed by atoms with Gasteiger partial charge in [0.25, 0.3) is 0 Å². The summed E-state index contributed by atoms with van der Waals surface area (Å²) in [6, 6.07) is 8.08. The van der Waals surface area contributed by atoms with E-state index >= 15 is 0 Å². The van der Waals surface area contributed by atoms with E-state index < -0.39 is 5.97 Å². The topological polar surface area (TPSA) is 37.3 Å². The predicted octanol–water partition coefficient (Wildman–Crippen LogP) is 7.63. The number of carboxylic acids is 1. The zero-order chi connectivity index (χ0) is 21.0. The van der Waals surface area contributed by atoms with Crippen molar-refractivity contribution in [3.63, 3.8) is 0 Å². The van der Waals surface area contributed by atoms with E-state index in [1.54, 1.807) is 6.07 Å². The smallest absolute Gasteiger partial charge is 0.336 e. The van der Waals surface area contributed by atoms with Gasteiger partial charge in [0.05, 0.1) is 5.56 Å². The lowest BCUT2D eigenvalue weighted by atomic mass is 9.62. The van der Waals surface area contributed by atoms with Gasteiger partial charge in [-0.25, -0.2) is 4.79 Å². The van der Waals surface area contributed by atoms with E-state index in [2.05, 4.69) is 85.2 Å². The van der Waals surface area contributed by atoms with Crippen LogP contribution in [-0.4, -0.2) is 11.1 Å². The maximum Gasteiger partial charge on any atom is 0.336 e. The molecule has 0 amide bonds. The van der Waals surface area contributed by atoms with Crippen molar-refractivity contribution in [1.29, 1.82) is 0 Å². The maximum atomic E-state index is 11.4. The molecule has 0 saturated heterocycles. The molecule has 1 aliphatic rings. The predicted molar refractivity (Wildman–Crippen MR) is 123 cm³/mol. The Morgan fingerprint density at radius 2 is 1.39 bits per heavy atom. The van der Waals surface area contributed by atoms with E-state index in [4.69, 9.17) is 0 Å². The van der Waals surface area contributed by atoms with Crippen LogP contribution in [0.25, 0.3) is 5.57 Å². The molecule has 1 aliphatic carbocycles. The van der Waals surface area contributed by atoms with Crippen molar-refractivity contribution in [2.45, 2.75) is 58.3 Å². The lowest BCUT2D eigenvalue weighted by Gasteiger charge is -2.42. The normalized spacial score (nSPS) is 17.1. The highest BCUT2D eigenvalue weighted by atomic mass is 79.9. The molecule has 1 N–H and O–H groups in total. The van der Waals surface area contributed by atoms with Crippen LogP contribution in [0, 0.1) is 6.92 Å². The van der Waals surface area contributed by atoms with E-state index in [1.165, 1.54) is 23.1 Å². The summed E-state index contributed by atoms with van der Waals surface area (Å²) in [5.41, 5.74) is 7.44. The molecule has 2 nitrogen and oxygen atoms in total. The third kappa shape index (κ3) is 3.50. The first-order valence-corrected chi connectivity index (χ1v) is 11.0. The Bertz CT molecular complexity index is 1000. The fourth-order valence-corrected chi connectivity index (χ4v) is 5.24. The Morgan fingerprint density at radius 1 is 0.929 bits per heavy atom. The van der Waals surface area contributed by atoms with Crippen molar-refractivity contribution in [3.05, 3.63) is 73.2 Å². The number of aryl methyl sites for hydroxylation is 1. The number of fused-ring (bicyclic) bond motifs is 1. The summed E-state index contributed by atoms with van der Waals surface area (Å²) in [5.74, 6) is -0.960. The van der Waals surface area contributed by atoms with Crippen molar-refractivity contribution >= 4 is 43.4 Å². The van der Waals surface area contributed by atoms with E-state index in [-0.39, 0.29) is 16.4 Å². The zero-order valence-electron chi connectivity index (χ0n) is 17.0. The van der Waals surface area contributed by atoms with Crippen LogP contribution in [0.4, 0.5) is 0 Å². The van der Waals surface area contributed by atoms with Crippen molar-refractivity contribution in [3.8, 4) is 0 Å². The number of halogens is 2. The first-order valence-electron chi connectivity index (χ1n) is 9.43. The summed E-state index contributed by atoms with van der Waals surface area (Å²) in [4.78, 5) is 11.4. The van der Waals surface area contributed by atoms with E-state index in [0.717, 1.165) is 23.1 Å². The monoisotopic (exact) mass is 504 g/mol. The van der Waals surface area contributed by atoms with Gasteiger partial charge in [0.2, 0.25) is 0 Å². The fourth-order valence-electron chi connectivity index (χ4n) is 4.14. The standard InChI is InChI=1S/C24H26Br2O2/c1-13-11-18-19(24(5,6)10-9-23(18,3)4)12-17(13)14(2)15-7-8-16(22(27)28)21(26)20(15)25/h7-8,11-12H,2,9-10H2,1,3-6H3,(H,27,28). The number of rotatable bonds is 3. The molecule has 0 bridgehead atoms. The van der Waals surface area contributed by atoms with E-state index in [0.29, 0.717) is 8.95 Å². The van der Waals surface area contributed by atoms with Crippen molar-refractivity contribution in [2.75, 3.05) is 0 Å². The lowest BCUT2D eigenvalue weighted by Crippen LogP contribution is -2.34. The van der Waals surface area contributed by atoms with Crippen LogP contribution in [0.3, 0.4) is 0 Å². The molecule has 0 radical (unpaired) electrons. The van der Waals surface area contributed by atoms with Crippen LogP contribution in [0.1, 0.15) is 78.7 Å². The molecule has 3 rings (SSSR count). The molecule has 4 heteroatoms. The molecule has 0 fully saturated rings. The third-order valence-electron chi connectivity index (χ3n) is 6.16. The second-order valence-electron chi connectivity index (χ2n) is 9.05. The minimum Gasteiger partial charge on any atom is -0.478 e. The minimum absolute atomic E-state index is 0.124. The number of hydrogen-bond acceptors (Lipinski definition) is 1. The molecule has 0 aliphatic heterocycles. The van der Waals surface area contributed by atoms with Crippen molar-refractivity contribution in [2.24, 2.45) is 0 Å². The molecule has 28 heavy (non-hydrogen) atoms. The highest BCUT2D eigenvalue weighted by molar-refractivity contribution is 9.13. The number of aromatic carboxylic acids is 1. The highest BCUT2D eigenvalue weighted by Crippen LogP contribution is 2.48. The molecule has 0 unspecified atom stereocenters. The minimum atomic E-state index is -0.960. The second kappa shape index (κ2) is 7.14. The Balaban J connectivity index is 2.17. The van der Waals surface area contributed by atoms with Crippen LogP contribution >= 0.6 is 31.9 Å². The highest BCUT2D eigenvalue weighted by Gasteiger charge is 2.37. The average Bonchev–Trinajstić information content (AvgIpc) is 2.60. The van der Waals surface area contributed by atoms with E-state index in [1.807, 2.05) is 6.07 Å². The molecular formula is C24H26Br2O2. The number of benzene rings is 2. The Morgan fingerprint density at radius 3 is 1.93 bits per heavy atom. The number of carboxylic acid groups (broad SMARTS) is 1. The molecule has 0 saturated carbocycles. The van der Waals surface area contributed by atoms with Gasteiger partial charge >= 0.3 is 5.97 Å². The number of carbonyl (C=O) groups is 1. The van der Waals surface area contributed by atoms with Crippen LogP contribution in [0.15, 0.2) is 39.8 Å². The van der Waals surface area contributed by atoms with Gasteiger partial charge in [-0.3, -0.25) is 0 Å². The summed E-state index contributed by atoms with van der Waals surface area (Å²) in [6.45, 7) is 15.8. The van der Waals surface area contributed by atoms with Crippen molar-refractivity contribution in [1.82, 2.24) is 0 Å². The summed E-state index contributed by atoms with van der Waals surface area (Å²) >= 11 is 6.98. The van der Waals surface area contributed by atoms with Crippen molar-refractivity contribution < 1.29 is 9.90 Å².